The van der Waals surface area contributed by atoms with Crippen molar-refractivity contribution in [2.45, 2.75) is 87.8 Å². The first-order valence-electron chi connectivity index (χ1n) is 13.4. The molecule has 4 heterocycles. The molecule has 2 aliphatic carbocycles. The number of rotatable bonds is 4. The second kappa shape index (κ2) is 9.07. The van der Waals surface area contributed by atoms with Crippen LogP contribution in [0.5, 0.6) is 0 Å². The minimum Gasteiger partial charge on any atom is -0.368 e. The summed E-state index contributed by atoms with van der Waals surface area (Å²) in [5.74, 6) is -3.83. The number of hydrogen-bond acceptors (Lipinski definition) is 5. The summed E-state index contributed by atoms with van der Waals surface area (Å²) < 4.78 is 48.4. The average molecular weight is 532 g/mol. The molecule has 2 N–H and O–H groups in total. The summed E-state index contributed by atoms with van der Waals surface area (Å²) in [7, 11) is 0. The highest BCUT2D eigenvalue weighted by molar-refractivity contribution is 5.94. The summed E-state index contributed by atoms with van der Waals surface area (Å²) in [4.78, 5) is 32.3. The Morgan fingerprint density at radius 2 is 1.89 bits per heavy atom. The molecule has 2 aromatic heterocycles. The fourth-order valence-corrected chi connectivity index (χ4v) is 6.57. The Labute approximate surface area is 218 Å². The van der Waals surface area contributed by atoms with Crippen molar-refractivity contribution >= 4 is 11.8 Å². The van der Waals surface area contributed by atoms with Crippen LogP contribution in [0.1, 0.15) is 74.0 Å². The van der Waals surface area contributed by atoms with E-state index in [4.69, 9.17) is 4.74 Å². The topological polar surface area (TPSA) is 100 Å². The fourth-order valence-electron chi connectivity index (χ4n) is 6.57. The van der Waals surface area contributed by atoms with Gasteiger partial charge in [0, 0.05) is 41.7 Å². The zero-order valence-corrected chi connectivity index (χ0v) is 21.4. The predicted molar refractivity (Wildman–Crippen MR) is 131 cm³/mol. The van der Waals surface area contributed by atoms with Crippen LogP contribution in [0, 0.1) is 18.7 Å². The highest BCUT2D eigenvalue weighted by Crippen LogP contribution is 2.51. The van der Waals surface area contributed by atoms with Gasteiger partial charge in [0.05, 0.1) is 18.5 Å². The van der Waals surface area contributed by atoms with Gasteiger partial charge in [-0.1, -0.05) is 0 Å². The number of aromatic amines is 1. The number of halogens is 3. The zero-order valence-electron chi connectivity index (χ0n) is 21.4. The summed E-state index contributed by atoms with van der Waals surface area (Å²) in [6.45, 7) is 2.27. The Bertz CT molecular complexity index is 1250. The van der Waals surface area contributed by atoms with E-state index in [1.165, 1.54) is 0 Å². The van der Waals surface area contributed by atoms with Crippen molar-refractivity contribution in [2.24, 2.45) is 5.92 Å². The van der Waals surface area contributed by atoms with Gasteiger partial charge in [0.1, 0.15) is 5.60 Å². The number of nitrogens with one attached hydrogen (secondary N) is 2. The lowest BCUT2D eigenvalue weighted by Gasteiger charge is -2.42. The van der Waals surface area contributed by atoms with Gasteiger partial charge in [-0.05, 0) is 70.4 Å². The van der Waals surface area contributed by atoms with E-state index in [1.54, 1.807) is 19.1 Å². The Kier molecular flexibility index (Phi) is 6.04. The molecule has 1 atom stereocenters. The van der Waals surface area contributed by atoms with Crippen LogP contribution in [0.25, 0.3) is 11.3 Å². The lowest BCUT2D eigenvalue weighted by atomic mass is 9.78. The van der Waals surface area contributed by atoms with Gasteiger partial charge in [0.2, 0.25) is 5.91 Å². The van der Waals surface area contributed by atoms with E-state index >= 15 is 0 Å². The largest absolute Gasteiger partial charge is 0.368 e. The van der Waals surface area contributed by atoms with Crippen molar-refractivity contribution in [1.29, 1.82) is 0 Å². The number of likely N-dealkylation sites (tertiary alicyclic amines) is 1. The number of H-pyrrole nitrogens is 1. The zero-order chi connectivity index (χ0) is 26.7. The molecule has 204 valence electrons. The van der Waals surface area contributed by atoms with Gasteiger partial charge in [-0.3, -0.25) is 19.7 Å². The van der Waals surface area contributed by atoms with E-state index in [1.807, 2.05) is 4.90 Å². The number of ether oxygens (including phenoxy) is 1. The molecule has 38 heavy (non-hydrogen) atoms. The predicted octanol–water partition coefficient (Wildman–Crippen LogP) is 4.16. The molecule has 0 bridgehead atoms. The monoisotopic (exact) mass is 531 g/mol. The Hall–Kier alpha value is -2.95. The third kappa shape index (κ3) is 4.28. The normalized spacial score (nSPS) is 29.5. The molecule has 2 spiro atoms. The number of pyridine rings is 1. The number of hydrogen-bond donors (Lipinski definition) is 2. The van der Waals surface area contributed by atoms with E-state index in [0.717, 1.165) is 19.0 Å². The molecule has 11 heteroatoms. The molecule has 6 rings (SSSR count). The van der Waals surface area contributed by atoms with Crippen LogP contribution in [0.2, 0.25) is 0 Å². The maximum atomic E-state index is 14.3. The highest BCUT2D eigenvalue weighted by Gasteiger charge is 2.59. The lowest BCUT2D eigenvalue weighted by Crippen LogP contribution is -2.54. The molecule has 4 aliphatic rings. The van der Waals surface area contributed by atoms with Crippen LogP contribution in [0.3, 0.4) is 0 Å². The molecule has 8 nitrogen and oxygen atoms in total. The number of piperidine rings is 1. The van der Waals surface area contributed by atoms with Gasteiger partial charge in [-0.2, -0.15) is 5.10 Å². The first-order chi connectivity index (χ1) is 18.1. The highest BCUT2D eigenvalue weighted by atomic mass is 19.3. The molecule has 2 aromatic rings. The maximum absolute atomic E-state index is 14.3. The molecule has 2 saturated heterocycles. The number of carbonyl (C=O) groups excluding carboxylic acids is 2. The van der Waals surface area contributed by atoms with Crippen LogP contribution >= 0.6 is 0 Å². The van der Waals surface area contributed by atoms with Crippen molar-refractivity contribution in [3.05, 3.63) is 35.5 Å². The number of aryl methyl sites for hydroxylation is 1. The van der Waals surface area contributed by atoms with Gasteiger partial charge < -0.3 is 15.0 Å². The smallest absolute Gasteiger partial charge is 0.278 e. The van der Waals surface area contributed by atoms with Gasteiger partial charge >= 0.3 is 0 Å². The van der Waals surface area contributed by atoms with Crippen LogP contribution in [0.15, 0.2) is 18.3 Å². The van der Waals surface area contributed by atoms with E-state index in [-0.39, 0.29) is 60.9 Å². The summed E-state index contributed by atoms with van der Waals surface area (Å²) >= 11 is 0. The average Bonchev–Trinajstić information content (AvgIpc) is 3.35. The van der Waals surface area contributed by atoms with E-state index in [9.17, 15) is 22.8 Å². The SMILES string of the molecule is Cc1cc(-c2cc(C(=O)N3CC[C@@H](C(=O)N[C@H]4CC[C@@]5(CC4)OCCC5(F)F)CC34CC4)n[nH]2)c(F)cn1. The Morgan fingerprint density at radius 3 is 2.58 bits per heavy atom. The van der Waals surface area contributed by atoms with Crippen LogP contribution in [-0.4, -0.2) is 68.2 Å². The molecular weight excluding hydrogens is 499 g/mol. The molecule has 2 saturated carbocycles. The molecule has 0 unspecified atom stereocenters. The maximum Gasteiger partial charge on any atom is 0.278 e. The number of carbonyl (C=O) groups is 2. The first kappa shape index (κ1) is 25.3. The summed E-state index contributed by atoms with van der Waals surface area (Å²) in [6.07, 6.45) is 5.07. The second-order valence-corrected chi connectivity index (χ2v) is 11.4. The van der Waals surface area contributed by atoms with Crippen LogP contribution < -0.4 is 5.32 Å². The standard InChI is InChI=1S/C27H32F3N5O3/c1-16-12-19(20(28)15-31-16)21-13-22(34-33-21)24(37)35-10-4-17(14-25(35)7-8-25)23(36)32-18-2-5-26(6-3-18)27(29,30)9-11-38-26/h12-13,15,17-18H,2-11,14H2,1H3,(H,32,36)(H,33,34)/t17-,18-,26-/m1/s1. The van der Waals surface area contributed by atoms with Crippen LogP contribution in [0.4, 0.5) is 13.2 Å². The molecule has 4 fully saturated rings. The Balaban J connectivity index is 1.07. The minimum atomic E-state index is -2.81. The van der Waals surface area contributed by atoms with Crippen molar-refractivity contribution in [2.75, 3.05) is 13.2 Å². The molecular formula is C27H32F3N5O3. The van der Waals surface area contributed by atoms with Gasteiger partial charge in [-0.15, -0.1) is 0 Å². The number of amides is 2. The third-order valence-electron chi connectivity index (χ3n) is 9.02. The molecule has 0 radical (unpaired) electrons. The van der Waals surface area contributed by atoms with Gasteiger partial charge in [0.25, 0.3) is 11.8 Å². The van der Waals surface area contributed by atoms with Crippen molar-refractivity contribution in [3.63, 3.8) is 0 Å². The summed E-state index contributed by atoms with van der Waals surface area (Å²) in [5, 5.41) is 10.0. The van der Waals surface area contributed by atoms with Gasteiger partial charge in [0.15, 0.2) is 11.5 Å². The van der Waals surface area contributed by atoms with Crippen LogP contribution in [-0.2, 0) is 9.53 Å². The Morgan fingerprint density at radius 1 is 1.13 bits per heavy atom. The van der Waals surface area contributed by atoms with Gasteiger partial charge in [-0.25, -0.2) is 13.2 Å². The number of nitrogens with zero attached hydrogens (tertiary/aromatic N) is 3. The van der Waals surface area contributed by atoms with Crippen molar-refractivity contribution in [3.8, 4) is 11.3 Å². The minimum absolute atomic E-state index is 0.0611. The number of alkyl halides is 2. The van der Waals surface area contributed by atoms with E-state index < -0.39 is 17.3 Å². The summed E-state index contributed by atoms with van der Waals surface area (Å²) in [6, 6.07) is 3.02. The fraction of sp³-hybridized carbons (Fsp3) is 0.630. The van der Waals surface area contributed by atoms with E-state index in [0.29, 0.717) is 49.2 Å². The van der Waals surface area contributed by atoms with Crippen molar-refractivity contribution < 1.29 is 27.5 Å². The number of aromatic nitrogens is 3. The molecule has 2 aliphatic heterocycles. The molecule has 2 amide bonds. The lowest BCUT2D eigenvalue weighted by molar-refractivity contribution is -0.165. The summed E-state index contributed by atoms with van der Waals surface area (Å²) in [5.41, 5.74) is -0.163. The van der Waals surface area contributed by atoms with Crippen molar-refractivity contribution in [1.82, 2.24) is 25.4 Å². The van der Waals surface area contributed by atoms with E-state index in [2.05, 4.69) is 20.5 Å². The first-order valence-corrected chi connectivity index (χ1v) is 13.4. The molecule has 0 aromatic carbocycles. The third-order valence-corrected chi connectivity index (χ3v) is 9.02. The second-order valence-electron chi connectivity index (χ2n) is 11.4. The quantitative estimate of drug-likeness (QED) is 0.617.